The zero-order valence-electron chi connectivity index (χ0n) is 17.9. The van der Waals surface area contributed by atoms with Crippen molar-refractivity contribution in [3.8, 4) is 28.5 Å². The van der Waals surface area contributed by atoms with Crippen LogP contribution in [-0.2, 0) is 4.79 Å². The van der Waals surface area contributed by atoms with E-state index in [1.165, 1.54) is 0 Å². The molecule has 0 atom stereocenters. The van der Waals surface area contributed by atoms with E-state index in [2.05, 4.69) is 20.5 Å². The van der Waals surface area contributed by atoms with E-state index in [1.54, 1.807) is 36.5 Å². The lowest BCUT2D eigenvalue weighted by Gasteiger charge is -2.10. The van der Waals surface area contributed by atoms with Crippen molar-refractivity contribution < 1.29 is 13.9 Å². The molecule has 5 rings (SSSR count). The second kappa shape index (κ2) is 9.21. The number of nitrogens with zero attached hydrogens (tertiary/aromatic N) is 2. The number of aryl methyl sites for hydroxylation is 1. The number of anilines is 1. The molecule has 0 unspecified atom stereocenters. The maximum atomic E-state index is 12.3. The Morgan fingerprint density at radius 3 is 2.76 bits per heavy atom. The molecule has 0 aliphatic carbocycles. The van der Waals surface area contributed by atoms with Crippen LogP contribution >= 0.6 is 23.2 Å². The number of ether oxygens (including phenoxy) is 1. The summed E-state index contributed by atoms with van der Waals surface area (Å²) in [6.07, 6.45) is 1.75. The Hall–Kier alpha value is -3.81. The van der Waals surface area contributed by atoms with E-state index < -0.39 is 0 Å². The summed E-state index contributed by atoms with van der Waals surface area (Å²) in [5.74, 6) is 0.504. The van der Waals surface area contributed by atoms with Crippen LogP contribution in [0.1, 0.15) is 5.56 Å². The minimum Gasteiger partial charge on any atom is -0.482 e. The lowest BCUT2D eigenvalue weighted by atomic mass is 10.1. The third-order valence-electron chi connectivity index (χ3n) is 5.13. The largest absolute Gasteiger partial charge is 0.482 e. The van der Waals surface area contributed by atoms with Crippen LogP contribution in [-0.4, -0.2) is 27.7 Å². The Morgan fingerprint density at radius 2 is 1.94 bits per heavy atom. The van der Waals surface area contributed by atoms with Crippen LogP contribution in [0.3, 0.4) is 0 Å². The number of oxazole rings is 1. The molecule has 1 amide bonds. The normalized spacial score (nSPS) is 11.0. The molecule has 0 saturated heterocycles. The summed E-state index contributed by atoms with van der Waals surface area (Å²) < 4.78 is 11.4. The van der Waals surface area contributed by atoms with Crippen molar-refractivity contribution in [2.45, 2.75) is 6.92 Å². The average Bonchev–Trinajstić information content (AvgIpc) is 3.47. The number of fused-ring (bicyclic) bond motifs is 1. The first-order valence-corrected chi connectivity index (χ1v) is 11.1. The van der Waals surface area contributed by atoms with Crippen molar-refractivity contribution in [2.24, 2.45) is 0 Å². The van der Waals surface area contributed by atoms with Crippen LogP contribution < -0.4 is 10.1 Å². The molecular formula is C25H18Cl2N4O3. The highest BCUT2D eigenvalue weighted by atomic mass is 35.5. The third-order valence-corrected chi connectivity index (χ3v) is 5.93. The molecule has 0 spiro atoms. The molecule has 170 valence electrons. The van der Waals surface area contributed by atoms with Gasteiger partial charge in [0.05, 0.1) is 10.6 Å². The fraction of sp³-hybridized carbons (Fsp3) is 0.0800. The smallest absolute Gasteiger partial charge is 0.262 e. The average molecular weight is 493 g/mol. The molecule has 5 aromatic rings. The van der Waals surface area contributed by atoms with Crippen molar-refractivity contribution in [3.63, 3.8) is 0 Å². The highest BCUT2D eigenvalue weighted by Crippen LogP contribution is 2.33. The van der Waals surface area contributed by atoms with Crippen LogP contribution in [0.25, 0.3) is 33.8 Å². The molecule has 0 aliphatic heterocycles. The number of nitrogens with one attached hydrogen (secondary N) is 2. The quantitative estimate of drug-likeness (QED) is 0.281. The van der Waals surface area contributed by atoms with Gasteiger partial charge in [0, 0.05) is 17.4 Å². The SMILES string of the molecule is Cc1ccc2nc(-c3c[nH]nc3-c3ccc(NC(=O)COc4cccc(Cl)c4Cl)cc3)oc2c1. The summed E-state index contributed by atoms with van der Waals surface area (Å²) in [4.78, 5) is 16.9. The highest BCUT2D eigenvalue weighted by Gasteiger charge is 2.17. The first kappa shape index (κ1) is 22.0. The van der Waals surface area contributed by atoms with Crippen molar-refractivity contribution in [1.29, 1.82) is 0 Å². The fourth-order valence-electron chi connectivity index (χ4n) is 3.47. The van der Waals surface area contributed by atoms with Crippen molar-refractivity contribution in [2.75, 3.05) is 11.9 Å². The number of amides is 1. The molecule has 0 saturated carbocycles. The number of carbonyl (C=O) groups is 1. The lowest BCUT2D eigenvalue weighted by molar-refractivity contribution is -0.118. The van der Waals surface area contributed by atoms with Crippen molar-refractivity contribution >= 4 is 45.9 Å². The number of H-pyrrole nitrogens is 1. The van der Waals surface area contributed by atoms with E-state index in [0.29, 0.717) is 28.0 Å². The third kappa shape index (κ3) is 4.48. The molecule has 9 heteroatoms. The van der Waals surface area contributed by atoms with Gasteiger partial charge < -0.3 is 14.5 Å². The van der Waals surface area contributed by atoms with E-state index in [1.807, 2.05) is 37.3 Å². The van der Waals surface area contributed by atoms with Crippen molar-refractivity contribution in [1.82, 2.24) is 15.2 Å². The van der Waals surface area contributed by atoms with E-state index in [9.17, 15) is 4.79 Å². The number of carbonyl (C=O) groups excluding carboxylic acids is 1. The van der Waals surface area contributed by atoms with Gasteiger partial charge >= 0.3 is 0 Å². The molecule has 2 aromatic heterocycles. The van der Waals surface area contributed by atoms with Gasteiger partial charge in [0.2, 0.25) is 5.89 Å². The molecule has 0 radical (unpaired) electrons. The summed E-state index contributed by atoms with van der Waals surface area (Å²) in [5, 5.41) is 10.7. The maximum absolute atomic E-state index is 12.3. The Morgan fingerprint density at radius 1 is 1.12 bits per heavy atom. The van der Waals surface area contributed by atoms with E-state index in [4.69, 9.17) is 32.4 Å². The summed E-state index contributed by atoms with van der Waals surface area (Å²) >= 11 is 12.0. The summed E-state index contributed by atoms with van der Waals surface area (Å²) in [5.41, 5.74) is 5.51. The molecule has 0 aliphatic rings. The van der Waals surface area contributed by atoms with Gasteiger partial charge in [0.25, 0.3) is 5.91 Å². The van der Waals surface area contributed by atoms with E-state index >= 15 is 0 Å². The molecule has 0 bridgehead atoms. The van der Waals surface area contributed by atoms with Gasteiger partial charge in [0.1, 0.15) is 22.0 Å². The zero-order valence-corrected chi connectivity index (χ0v) is 19.4. The number of rotatable bonds is 6. The van der Waals surface area contributed by atoms with Gasteiger partial charge in [-0.1, -0.05) is 47.5 Å². The number of halogens is 2. The molecule has 2 heterocycles. The molecular weight excluding hydrogens is 475 g/mol. The maximum Gasteiger partial charge on any atom is 0.262 e. The molecule has 7 nitrogen and oxygen atoms in total. The predicted octanol–water partition coefficient (Wildman–Crippen LogP) is 6.52. The summed E-state index contributed by atoms with van der Waals surface area (Å²) in [6.45, 7) is 1.80. The van der Waals surface area contributed by atoms with Gasteiger partial charge in [-0.05, 0) is 48.9 Å². The van der Waals surface area contributed by atoms with E-state index in [0.717, 1.165) is 27.8 Å². The Bertz CT molecular complexity index is 1490. The fourth-order valence-corrected chi connectivity index (χ4v) is 3.81. The van der Waals surface area contributed by atoms with Gasteiger partial charge in [-0.3, -0.25) is 9.89 Å². The Balaban J connectivity index is 1.29. The first-order chi connectivity index (χ1) is 16.5. The molecule has 0 fully saturated rings. The summed E-state index contributed by atoms with van der Waals surface area (Å²) in [6, 6.07) is 18.2. The first-order valence-electron chi connectivity index (χ1n) is 10.4. The van der Waals surface area contributed by atoms with Crippen LogP contribution in [0.4, 0.5) is 5.69 Å². The number of aromatic nitrogens is 3. The second-order valence-corrected chi connectivity index (χ2v) is 8.39. The monoisotopic (exact) mass is 492 g/mol. The number of hydrogen-bond donors (Lipinski definition) is 2. The standard InChI is InChI=1S/C25H18Cl2N4O3/c1-14-5-10-19-21(11-14)34-25(30-19)17-12-28-31-24(17)15-6-8-16(9-7-15)29-22(32)13-33-20-4-2-3-18(26)23(20)27/h2-12H,13H2,1H3,(H,28,31)(H,29,32). The Kier molecular flexibility index (Phi) is 5.96. The van der Waals surface area contributed by atoms with Crippen LogP contribution in [0.5, 0.6) is 5.75 Å². The Labute approximate surface area is 204 Å². The molecule has 3 aromatic carbocycles. The minimum atomic E-state index is -0.328. The molecule has 2 N–H and O–H groups in total. The lowest BCUT2D eigenvalue weighted by Crippen LogP contribution is -2.20. The summed E-state index contributed by atoms with van der Waals surface area (Å²) in [7, 11) is 0. The van der Waals surface area contributed by atoms with Crippen LogP contribution in [0, 0.1) is 6.92 Å². The number of benzene rings is 3. The number of aromatic amines is 1. The van der Waals surface area contributed by atoms with Crippen LogP contribution in [0.15, 0.2) is 71.3 Å². The van der Waals surface area contributed by atoms with Crippen LogP contribution in [0.2, 0.25) is 10.0 Å². The highest BCUT2D eigenvalue weighted by molar-refractivity contribution is 6.42. The van der Waals surface area contributed by atoms with Crippen molar-refractivity contribution in [3.05, 3.63) is 82.5 Å². The topological polar surface area (TPSA) is 93.0 Å². The second-order valence-electron chi connectivity index (χ2n) is 7.60. The van der Waals surface area contributed by atoms with Gasteiger partial charge in [-0.25, -0.2) is 4.98 Å². The van der Waals surface area contributed by atoms with Gasteiger partial charge in [-0.2, -0.15) is 5.10 Å². The molecule has 34 heavy (non-hydrogen) atoms. The van der Waals surface area contributed by atoms with E-state index in [-0.39, 0.29) is 17.5 Å². The predicted molar refractivity (Wildman–Crippen MR) is 132 cm³/mol. The van der Waals surface area contributed by atoms with Gasteiger partial charge in [-0.15, -0.1) is 0 Å². The minimum absolute atomic E-state index is 0.206. The number of hydrogen-bond acceptors (Lipinski definition) is 5. The van der Waals surface area contributed by atoms with Gasteiger partial charge in [0.15, 0.2) is 12.2 Å². The zero-order chi connectivity index (χ0) is 23.7.